The first-order valence-corrected chi connectivity index (χ1v) is 4.93. The predicted molar refractivity (Wildman–Crippen MR) is 56.9 cm³/mol. The fourth-order valence-electron chi connectivity index (χ4n) is 1.45. The van der Waals surface area contributed by atoms with Gasteiger partial charge in [-0.1, -0.05) is 24.3 Å². The number of carbonyl (C=O) groups is 1. The summed E-state index contributed by atoms with van der Waals surface area (Å²) in [6.45, 7) is 0.417. The molecule has 0 aromatic heterocycles. The number of hydrogen-bond donors (Lipinski definition) is 1. The van der Waals surface area contributed by atoms with Gasteiger partial charge in [-0.15, -0.1) is 0 Å². The molecule has 0 unspecified atom stereocenters. The summed E-state index contributed by atoms with van der Waals surface area (Å²) in [5, 5.41) is 8.84. The zero-order valence-electron chi connectivity index (χ0n) is 7.27. The van der Waals surface area contributed by atoms with E-state index in [2.05, 4.69) is 15.9 Å². The largest absolute Gasteiger partial charge is 0.465 e. The average molecular weight is 254 g/mol. The van der Waals surface area contributed by atoms with Gasteiger partial charge in [0, 0.05) is 10.7 Å². The van der Waals surface area contributed by atoms with Gasteiger partial charge in [0.2, 0.25) is 0 Å². The lowest BCUT2D eigenvalue weighted by atomic mass is 10.0. The summed E-state index contributed by atoms with van der Waals surface area (Å²) in [4.78, 5) is 12.0. The lowest BCUT2D eigenvalue weighted by Crippen LogP contribution is -2.26. The van der Waals surface area contributed by atoms with Crippen LogP contribution >= 0.6 is 15.9 Å². The lowest BCUT2D eigenvalue weighted by molar-refractivity contribution is 0.160. The summed E-state index contributed by atoms with van der Waals surface area (Å²) in [7, 11) is 0. The molecule has 2 rings (SSSR count). The third-order valence-corrected chi connectivity index (χ3v) is 2.76. The third-order valence-electron chi connectivity index (χ3n) is 2.13. The minimum absolute atomic E-state index is 0.417. The van der Waals surface area contributed by atoms with E-state index in [1.165, 1.54) is 4.90 Å². The Morgan fingerprint density at radius 2 is 2.14 bits per heavy atom. The minimum atomic E-state index is -0.934. The molecule has 1 heterocycles. The summed E-state index contributed by atoms with van der Waals surface area (Å²) in [6, 6.07) is 7.74. The molecule has 0 fully saturated rings. The number of halogens is 1. The molecule has 0 saturated heterocycles. The van der Waals surface area contributed by atoms with Crippen molar-refractivity contribution in [2.45, 2.75) is 6.54 Å². The molecule has 1 aliphatic rings. The molecule has 0 radical (unpaired) electrons. The fraction of sp³-hybridized carbons (Fsp3) is 0.100. The molecular formula is C10H8BrNO2. The van der Waals surface area contributed by atoms with Gasteiger partial charge in [-0.2, -0.15) is 0 Å². The normalized spacial score (nSPS) is 14.6. The zero-order valence-corrected chi connectivity index (χ0v) is 8.86. The Hall–Kier alpha value is -1.29. The van der Waals surface area contributed by atoms with Gasteiger partial charge in [-0.3, -0.25) is 4.90 Å². The molecule has 4 heteroatoms. The van der Waals surface area contributed by atoms with Crippen LogP contribution in [-0.4, -0.2) is 16.1 Å². The van der Waals surface area contributed by atoms with Crippen LogP contribution in [0.5, 0.6) is 0 Å². The van der Waals surface area contributed by atoms with Crippen LogP contribution in [0.25, 0.3) is 4.48 Å². The highest BCUT2D eigenvalue weighted by Gasteiger charge is 2.18. The van der Waals surface area contributed by atoms with Gasteiger partial charge in [0.25, 0.3) is 0 Å². The summed E-state index contributed by atoms with van der Waals surface area (Å²) in [5.74, 6) is 0. The van der Waals surface area contributed by atoms with Crippen molar-refractivity contribution < 1.29 is 9.90 Å². The van der Waals surface area contributed by atoms with Gasteiger partial charge in [-0.25, -0.2) is 4.79 Å². The minimum Gasteiger partial charge on any atom is -0.465 e. The van der Waals surface area contributed by atoms with Crippen LogP contribution in [0, 0.1) is 0 Å². The highest BCUT2D eigenvalue weighted by atomic mass is 79.9. The maximum atomic E-state index is 10.8. The highest BCUT2D eigenvalue weighted by molar-refractivity contribution is 9.15. The van der Waals surface area contributed by atoms with Crippen molar-refractivity contribution in [1.82, 2.24) is 4.90 Å². The molecule has 14 heavy (non-hydrogen) atoms. The molecule has 1 aromatic rings. The van der Waals surface area contributed by atoms with E-state index in [0.29, 0.717) is 6.54 Å². The number of amides is 1. The van der Waals surface area contributed by atoms with E-state index in [-0.39, 0.29) is 0 Å². The number of hydrogen-bond acceptors (Lipinski definition) is 1. The first-order valence-electron chi connectivity index (χ1n) is 4.13. The molecule has 3 nitrogen and oxygen atoms in total. The molecule has 1 N–H and O–H groups in total. The topological polar surface area (TPSA) is 40.5 Å². The second-order valence-electron chi connectivity index (χ2n) is 3.04. The van der Waals surface area contributed by atoms with Crippen molar-refractivity contribution in [2.24, 2.45) is 0 Å². The first kappa shape index (κ1) is 9.27. The number of nitrogens with zero attached hydrogens (tertiary/aromatic N) is 1. The van der Waals surface area contributed by atoms with Crippen LogP contribution in [0.2, 0.25) is 0 Å². The lowest BCUT2D eigenvalue weighted by Gasteiger charge is -2.22. The summed E-state index contributed by atoms with van der Waals surface area (Å²) >= 11 is 3.35. The van der Waals surface area contributed by atoms with Crippen LogP contribution in [0.3, 0.4) is 0 Å². The Kier molecular flexibility index (Phi) is 2.29. The Balaban J connectivity index is 2.44. The standard InChI is InChI=1S/C10H8BrNO2/c11-9-6-12(10(13)14)5-7-3-1-2-4-8(7)9/h1-4,6H,5H2,(H,13,14). The van der Waals surface area contributed by atoms with Crippen LogP contribution in [-0.2, 0) is 6.54 Å². The molecule has 0 spiro atoms. The number of benzene rings is 1. The molecule has 0 saturated carbocycles. The van der Waals surface area contributed by atoms with Gasteiger partial charge < -0.3 is 5.11 Å². The Bertz CT molecular complexity index is 414. The van der Waals surface area contributed by atoms with Crippen molar-refractivity contribution in [2.75, 3.05) is 0 Å². The SMILES string of the molecule is O=C(O)N1C=C(Br)c2ccccc2C1. The Morgan fingerprint density at radius 1 is 1.43 bits per heavy atom. The van der Waals surface area contributed by atoms with E-state index in [0.717, 1.165) is 15.6 Å². The smallest absolute Gasteiger partial charge is 0.411 e. The van der Waals surface area contributed by atoms with Gasteiger partial charge >= 0.3 is 6.09 Å². The van der Waals surface area contributed by atoms with Gasteiger partial charge in [-0.05, 0) is 27.1 Å². The van der Waals surface area contributed by atoms with E-state index >= 15 is 0 Å². The summed E-state index contributed by atoms with van der Waals surface area (Å²) < 4.78 is 0.807. The zero-order chi connectivity index (χ0) is 10.1. The van der Waals surface area contributed by atoms with E-state index < -0.39 is 6.09 Å². The van der Waals surface area contributed by atoms with Crippen LogP contribution in [0.15, 0.2) is 30.5 Å². The number of rotatable bonds is 0. The molecule has 72 valence electrons. The molecule has 1 aromatic carbocycles. The number of fused-ring (bicyclic) bond motifs is 1. The molecular weight excluding hydrogens is 246 g/mol. The van der Waals surface area contributed by atoms with Gasteiger partial charge in [0.05, 0.1) is 6.54 Å². The molecule has 1 amide bonds. The quantitative estimate of drug-likeness (QED) is 0.773. The van der Waals surface area contributed by atoms with Crippen molar-refractivity contribution in [3.63, 3.8) is 0 Å². The molecule has 1 aliphatic heterocycles. The average Bonchev–Trinajstić information content (AvgIpc) is 2.17. The summed E-state index contributed by atoms with van der Waals surface area (Å²) in [5.41, 5.74) is 2.08. The monoisotopic (exact) mass is 253 g/mol. The fourth-order valence-corrected chi connectivity index (χ4v) is 2.08. The van der Waals surface area contributed by atoms with Gasteiger partial charge in [0.1, 0.15) is 0 Å². The Labute approximate surface area is 89.8 Å². The summed E-state index contributed by atoms with van der Waals surface area (Å²) in [6.07, 6.45) is 0.654. The Morgan fingerprint density at radius 3 is 2.86 bits per heavy atom. The second kappa shape index (κ2) is 3.46. The van der Waals surface area contributed by atoms with Crippen molar-refractivity contribution in [3.05, 3.63) is 41.6 Å². The molecule has 0 bridgehead atoms. The number of carboxylic acid groups (broad SMARTS) is 1. The van der Waals surface area contributed by atoms with E-state index in [1.54, 1.807) is 6.20 Å². The van der Waals surface area contributed by atoms with E-state index in [1.807, 2.05) is 24.3 Å². The molecule has 0 aliphatic carbocycles. The van der Waals surface area contributed by atoms with Crippen molar-refractivity contribution in [3.8, 4) is 0 Å². The molecule has 0 atom stereocenters. The first-order chi connectivity index (χ1) is 6.68. The van der Waals surface area contributed by atoms with Crippen LogP contribution in [0.4, 0.5) is 4.79 Å². The van der Waals surface area contributed by atoms with E-state index in [4.69, 9.17) is 5.11 Å². The van der Waals surface area contributed by atoms with Crippen molar-refractivity contribution >= 4 is 26.5 Å². The van der Waals surface area contributed by atoms with Crippen LogP contribution < -0.4 is 0 Å². The third kappa shape index (κ3) is 1.53. The van der Waals surface area contributed by atoms with Gasteiger partial charge in [0.15, 0.2) is 0 Å². The van der Waals surface area contributed by atoms with Crippen molar-refractivity contribution in [1.29, 1.82) is 0 Å². The second-order valence-corrected chi connectivity index (χ2v) is 3.90. The predicted octanol–water partition coefficient (Wildman–Crippen LogP) is 2.87. The van der Waals surface area contributed by atoms with Crippen LogP contribution in [0.1, 0.15) is 11.1 Å². The highest BCUT2D eigenvalue weighted by Crippen LogP contribution is 2.30. The van der Waals surface area contributed by atoms with E-state index in [9.17, 15) is 4.79 Å². The maximum Gasteiger partial charge on any atom is 0.411 e. The maximum absolute atomic E-state index is 10.8.